The molecule has 0 bridgehead atoms. The standard InChI is InChI=1S/C12H21N3O/c1-9(13-2)7-11-14-12(16-15-11)8-10-5-3-4-6-10/h9-10,13H,3-8H2,1-2H3. The van der Waals surface area contributed by atoms with Crippen LogP contribution in [-0.4, -0.2) is 23.2 Å². The molecule has 0 amide bonds. The van der Waals surface area contributed by atoms with Crippen molar-refractivity contribution in [1.82, 2.24) is 15.5 Å². The van der Waals surface area contributed by atoms with Crippen LogP contribution in [0.25, 0.3) is 0 Å². The van der Waals surface area contributed by atoms with Gasteiger partial charge in [-0.2, -0.15) is 4.98 Å². The lowest BCUT2D eigenvalue weighted by molar-refractivity contribution is 0.348. The maximum atomic E-state index is 5.28. The molecule has 0 aromatic carbocycles. The predicted molar refractivity (Wildman–Crippen MR) is 62.2 cm³/mol. The van der Waals surface area contributed by atoms with Crippen LogP contribution >= 0.6 is 0 Å². The van der Waals surface area contributed by atoms with Crippen molar-refractivity contribution in [2.24, 2.45) is 5.92 Å². The molecule has 1 heterocycles. The van der Waals surface area contributed by atoms with Crippen LogP contribution in [0.3, 0.4) is 0 Å². The normalized spacial score (nSPS) is 19.1. The van der Waals surface area contributed by atoms with Gasteiger partial charge >= 0.3 is 0 Å². The van der Waals surface area contributed by atoms with Crippen molar-refractivity contribution < 1.29 is 4.52 Å². The number of hydrogen-bond donors (Lipinski definition) is 1. The topological polar surface area (TPSA) is 51.0 Å². The van der Waals surface area contributed by atoms with Gasteiger partial charge in [-0.1, -0.05) is 18.0 Å². The van der Waals surface area contributed by atoms with Gasteiger partial charge in [-0.3, -0.25) is 0 Å². The van der Waals surface area contributed by atoms with Crippen LogP contribution in [0.1, 0.15) is 44.3 Å². The monoisotopic (exact) mass is 223 g/mol. The van der Waals surface area contributed by atoms with E-state index < -0.39 is 0 Å². The second-order valence-corrected chi connectivity index (χ2v) is 4.85. The molecule has 1 aromatic heterocycles. The first-order valence-electron chi connectivity index (χ1n) is 6.26. The van der Waals surface area contributed by atoms with Gasteiger partial charge < -0.3 is 9.84 Å². The third-order valence-electron chi connectivity index (χ3n) is 3.43. The van der Waals surface area contributed by atoms with Crippen LogP contribution < -0.4 is 5.32 Å². The fraction of sp³-hybridized carbons (Fsp3) is 0.833. The SMILES string of the molecule is CNC(C)Cc1noc(CC2CCCC2)n1. The highest BCUT2D eigenvalue weighted by Crippen LogP contribution is 2.27. The lowest BCUT2D eigenvalue weighted by Crippen LogP contribution is -2.24. The van der Waals surface area contributed by atoms with Crippen LogP contribution in [0.4, 0.5) is 0 Å². The molecule has 4 nitrogen and oxygen atoms in total. The van der Waals surface area contributed by atoms with E-state index in [9.17, 15) is 0 Å². The Kier molecular flexibility index (Phi) is 3.93. The first-order chi connectivity index (χ1) is 7.78. The predicted octanol–water partition coefficient (Wildman–Crippen LogP) is 1.95. The molecule has 1 fully saturated rings. The minimum Gasteiger partial charge on any atom is -0.339 e. The van der Waals surface area contributed by atoms with E-state index in [1.807, 2.05) is 7.05 Å². The van der Waals surface area contributed by atoms with Crippen LogP contribution in [0.2, 0.25) is 0 Å². The Morgan fingerprint density at radius 2 is 2.19 bits per heavy atom. The van der Waals surface area contributed by atoms with Gasteiger partial charge in [-0.25, -0.2) is 0 Å². The molecule has 0 radical (unpaired) electrons. The van der Waals surface area contributed by atoms with Gasteiger partial charge in [0.2, 0.25) is 5.89 Å². The Morgan fingerprint density at radius 1 is 1.44 bits per heavy atom. The molecule has 2 rings (SSSR count). The molecule has 1 N–H and O–H groups in total. The molecule has 16 heavy (non-hydrogen) atoms. The highest BCUT2D eigenvalue weighted by molar-refractivity contribution is 4.91. The Balaban J connectivity index is 1.86. The molecule has 1 saturated carbocycles. The summed E-state index contributed by atoms with van der Waals surface area (Å²) in [5, 5.41) is 7.19. The second-order valence-electron chi connectivity index (χ2n) is 4.85. The smallest absolute Gasteiger partial charge is 0.226 e. The maximum absolute atomic E-state index is 5.28. The fourth-order valence-electron chi connectivity index (χ4n) is 2.29. The first-order valence-corrected chi connectivity index (χ1v) is 6.26. The lowest BCUT2D eigenvalue weighted by atomic mass is 10.0. The molecule has 1 aromatic rings. The summed E-state index contributed by atoms with van der Waals surface area (Å²) in [4.78, 5) is 4.44. The number of hydrogen-bond acceptors (Lipinski definition) is 4. The maximum Gasteiger partial charge on any atom is 0.226 e. The summed E-state index contributed by atoms with van der Waals surface area (Å²) in [5.74, 6) is 2.43. The summed E-state index contributed by atoms with van der Waals surface area (Å²) in [5.41, 5.74) is 0. The van der Waals surface area contributed by atoms with E-state index in [0.717, 1.165) is 30.5 Å². The number of rotatable bonds is 5. The van der Waals surface area contributed by atoms with E-state index in [2.05, 4.69) is 22.4 Å². The summed E-state index contributed by atoms with van der Waals surface area (Å²) in [6.07, 6.45) is 7.19. The van der Waals surface area contributed by atoms with Crippen LogP contribution in [-0.2, 0) is 12.8 Å². The molecule has 1 unspecified atom stereocenters. The molecule has 0 saturated heterocycles. The van der Waals surface area contributed by atoms with Gasteiger partial charge in [0.1, 0.15) is 0 Å². The Morgan fingerprint density at radius 3 is 2.88 bits per heavy atom. The van der Waals surface area contributed by atoms with Crippen molar-refractivity contribution in [1.29, 1.82) is 0 Å². The average molecular weight is 223 g/mol. The molecule has 1 aliphatic rings. The Bertz CT molecular complexity index is 318. The van der Waals surface area contributed by atoms with Gasteiger partial charge in [-0.05, 0) is 32.7 Å². The summed E-state index contributed by atoms with van der Waals surface area (Å²) < 4.78 is 5.28. The third kappa shape index (κ3) is 3.04. The summed E-state index contributed by atoms with van der Waals surface area (Å²) >= 11 is 0. The minimum absolute atomic E-state index is 0.400. The second kappa shape index (κ2) is 5.43. The highest BCUT2D eigenvalue weighted by Gasteiger charge is 2.19. The highest BCUT2D eigenvalue weighted by atomic mass is 16.5. The zero-order valence-corrected chi connectivity index (χ0v) is 10.2. The van der Waals surface area contributed by atoms with Gasteiger partial charge in [0.05, 0.1) is 0 Å². The third-order valence-corrected chi connectivity index (χ3v) is 3.43. The van der Waals surface area contributed by atoms with E-state index in [-0.39, 0.29) is 0 Å². The zero-order valence-electron chi connectivity index (χ0n) is 10.2. The van der Waals surface area contributed by atoms with Gasteiger partial charge in [0.15, 0.2) is 5.82 Å². The minimum atomic E-state index is 0.400. The number of nitrogens with zero attached hydrogens (tertiary/aromatic N) is 2. The van der Waals surface area contributed by atoms with Gasteiger partial charge in [0, 0.05) is 18.9 Å². The number of likely N-dealkylation sites (N-methyl/N-ethyl adjacent to an activating group) is 1. The molecule has 1 aliphatic carbocycles. The molecular weight excluding hydrogens is 202 g/mol. The van der Waals surface area contributed by atoms with Crippen molar-refractivity contribution in [2.75, 3.05) is 7.05 Å². The molecular formula is C12H21N3O. The molecule has 1 atom stereocenters. The number of nitrogens with one attached hydrogen (secondary N) is 1. The molecule has 0 spiro atoms. The van der Waals surface area contributed by atoms with Crippen LogP contribution in [0, 0.1) is 5.92 Å². The van der Waals surface area contributed by atoms with Gasteiger partial charge in [-0.15, -0.1) is 0 Å². The molecule has 4 heteroatoms. The van der Waals surface area contributed by atoms with E-state index >= 15 is 0 Å². The average Bonchev–Trinajstić information content (AvgIpc) is 2.91. The van der Waals surface area contributed by atoms with Crippen molar-refractivity contribution in [2.45, 2.75) is 51.5 Å². The van der Waals surface area contributed by atoms with Crippen molar-refractivity contribution in [3.63, 3.8) is 0 Å². The van der Waals surface area contributed by atoms with E-state index in [1.54, 1.807) is 0 Å². The van der Waals surface area contributed by atoms with Crippen molar-refractivity contribution >= 4 is 0 Å². The summed E-state index contributed by atoms with van der Waals surface area (Å²) in [6, 6.07) is 0.400. The summed E-state index contributed by atoms with van der Waals surface area (Å²) in [6.45, 7) is 2.12. The quantitative estimate of drug-likeness (QED) is 0.829. The van der Waals surface area contributed by atoms with E-state index in [0.29, 0.717) is 6.04 Å². The zero-order chi connectivity index (χ0) is 11.4. The number of aromatic nitrogens is 2. The Labute approximate surface area is 96.8 Å². The van der Waals surface area contributed by atoms with Crippen molar-refractivity contribution in [3.8, 4) is 0 Å². The van der Waals surface area contributed by atoms with E-state index in [1.165, 1.54) is 25.7 Å². The van der Waals surface area contributed by atoms with E-state index in [4.69, 9.17) is 4.52 Å². The summed E-state index contributed by atoms with van der Waals surface area (Å²) in [7, 11) is 1.95. The molecule has 90 valence electrons. The van der Waals surface area contributed by atoms with Crippen LogP contribution in [0.15, 0.2) is 4.52 Å². The van der Waals surface area contributed by atoms with Crippen molar-refractivity contribution in [3.05, 3.63) is 11.7 Å². The molecule has 0 aliphatic heterocycles. The first kappa shape index (κ1) is 11.6. The largest absolute Gasteiger partial charge is 0.339 e. The van der Waals surface area contributed by atoms with Gasteiger partial charge in [0.25, 0.3) is 0 Å². The lowest BCUT2D eigenvalue weighted by Gasteiger charge is -2.05. The van der Waals surface area contributed by atoms with Crippen LogP contribution in [0.5, 0.6) is 0 Å². The fourth-order valence-corrected chi connectivity index (χ4v) is 2.29. The Hall–Kier alpha value is -0.900.